The van der Waals surface area contributed by atoms with Crippen LogP contribution in [0.1, 0.15) is 58.8 Å². The smallest absolute Gasteiger partial charge is 0.410 e. The first-order valence-electron chi connectivity index (χ1n) is 13.7. The van der Waals surface area contributed by atoms with Crippen LogP contribution in [0.2, 0.25) is 5.02 Å². The zero-order chi connectivity index (χ0) is 27.1. The average molecular weight is 568 g/mol. The molecule has 1 N–H and O–H groups in total. The predicted molar refractivity (Wildman–Crippen MR) is 142 cm³/mol. The van der Waals surface area contributed by atoms with Gasteiger partial charge in [0.1, 0.15) is 5.60 Å². The molecule has 4 fully saturated rings. The van der Waals surface area contributed by atoms with Crippen LogP contribution in [-0.4, -0.2) is 79.7 Å². The summed E-state index contributed by atoms with van der Waals surface area (Å²) >= 11 is 6.02. The van der Waals surface area contributed by atoms with Gasteiger partial charge in [0, 0.05) is 30.6 Å². The van der Waals surface area contributed by atoms with Gasteiger partial charge in [0.05, 0.1) is 30.2 Å². The maximum Gasteiger partial charge on any atom is 0.410 e. The largest absolute Gasteiger partial charge is 0.441 e. The van der Waals surface area contributed by atoms with E-state index in [1.807, 2.05) is 13.8 Å². The number of amides is 2. The highest BCUT2D eigenvalue weighted by molar-refractivity contribution is 7.89. The first-order chi connectivity index (χ1) is 18.1. The molecule has 0 radical (unpaired) electrons. The molecule has 2 saturated carbocycles. The summed E-state index contributed by atoms with van der Waals surface area (Å²) in [6.45, 7) is 5.46. The van der Waals surface area contributed by atoms with Crippen molar-refractivity contribution in [2.45, 2.75) is 87.4 Å². The van der Waals surface area contributed by atoms with Crippen molar-refractivity contribution in [2.75, 3.05) is 26.3 Å². The number of piperidine rings is 1. The minimum Gasteiger partial charge on any atom is -0.441 e. The first-order valence-corrected chi connectivity index (χ1v) is 15.5. The maximum atomic E-state index is 13.9. The van der Waals surface area contributed by atoms with Gasteiger partial charge in [-0.05, 0) is 88.5 Å². The van der Waals surface area contributed by atoms with Crippen molar-refractivity contribution in [3.05, 3.63) is 29.3 Å². The number of nitrogens with zero attached hydrogens (tertiary/aromatic N) is 2. The molecule has 0 spiro atoms. The van der Waals surface area contributed by atoms with Crippen molar-refractivity contribution in [1.29, 1.82) is 0 Å². The van der Waals surface area contributed by atoms with Gasteiger partial charge >= 0.3 is 6.09 Å². The van der Waals surface area contributed by atoms with Gasteiger partial charge < -0.3 is 19.7 Å². The number of carbonyl (C=O) groups is 2. The third-order valence-corrected chi connectivity index (χ3v) is 10.4. The molecule has 2 amide bonds. The highest BCUT2D eigenvalue weighted by atomic mass is 35.5. The predicted octanol–water partition coefficient (Wildman–Crippen LogP) is 3.80. The van der Waals surface area contributed by atoms with Crippen LogP contribution >= 0.6 is 11.6 Å². The average Bonchev–Trinajstić information content (AvgIpc) is 3.79. The fourth-order valence-corrected chi connectivity index (χ4v) is 7.82. The molecule has 2 heterocycles. The van der Waals surface area contributed by atoms with E-state index >= 15 is 0 Å². The zero-order valence-electron chi connectivity index (χ0n) is 22.1. The van der Waals surface area contributed by atoms with Crippen LogP contribution in [0, 0.1) is 11.8 Å². The second kappa shape index (κ2) is 10.9. The summed E-state index contributed by atoms with van der Waals surface area (Å²) in [5.74, 6) is 0.527. The summed E-state index contributed by atoms with van der Waals surface area (Å²) in [4.78, 5) is 27.3. The first kappa shape index (κ1) is 27.7. The summed E-state index contributed by atoms with van der Waals surface area (Å²) in [5.41, 5.74) is -0.891. The van der Waals surface area contributed by atoms with Gasteiger partial charge in [-0.2, -0.15) is 4.31 Å². The lowest BCUT2D eigenvalue weighted by molar-refractivity contribution is -0.122. The van der Waals surface area contributed by atoms with Crippen LogP contribution in [0.4, 0.5) is 4.79 Å². The molecule has 11 heteroatoms. The Labute approximate surface area is 230 Å². The fourth-order valence-electron chi connectivity index (χ4n) is 5.79. The monoisotopic (exact) mass is 567 g/mol. The van der Waals surface area contributed by atoms with Crippen molar-refractivity contribution >= 4 is 33.6 Å². The maximum absolute atomic E-state index is 13.9. The lowest BCUT2D eigenvalue weighted by atomic mass is 9.93. The van der Waals surface area contributed by atoms with E-state index in [0.717, 1.165) is 25.7 Å². The third kappa shape index (κ3) is 5.98. The topological polar surface area (TPSA) is 105 Å². The quantitative estimate of drug-likeness (QED) is 0.512. The summed E-state index contributed by atoms with van der Waals surface area (Å²) in [7, 11) is -3.86. The minimum atomic E-state index is -3.86. The van der Waals surface area contributed by atoms with Crippen LogP contribution in [0.25, 0.3) is 0 Å². The second-order valence-corrected chi connectivity index (χ2v) is 13.8. The van der Waals surface area contributed by atoms with E-state index in [9.17, 15) is 18.0 Å². The van der Waals surface area contributed by atoms with Gasteiger partial charge in [0.25, 0.3) is 0 Å². The molecule has 0 aromatic heterocycles. The van der Waals surface area contributed by atoms with E-state index in [2.05, 4.69) is 5.32 Å². The number of benzene rings is 1. The molecule has 1 aromatic carbocycles. The van der Waals surface area contributed by atoms with Crippen LogP contribution in [0.5, 0.6) is 0 Å². The molecule has 9 nitrogen and oxygen atoms in total. The molecule has 1 aromatic rings. The van der Waals surface area contributed by atoms with E-state index in [1.54, 1.807) is 21.3 Å². The van der Waals surface area contributed by atoms with E-state index in [4.69, 9.17) is 21.1 Å². The number of rotatable bonds is 8. The molecule has 2 aliphatic heterocycles. The van der Waals surface area contributed by atoms with Crippen molar-refractivity contribution in [2.24, 2.45) is 11.8 Å². The lowest BCUT2D eigenvalue weighted by Crippen LogP contribution is -2.61. The Morgan fingerprint density at radius 3 is 2.34 bits per heavy atom. The molecule has 0 bridgehead atoms. The molecule has 2 aliphatic carbocycles. The number of nitrogens with one attached hydrogen (secondary N) is 1. The number of hydrogen-bond donors (Lipinski definition) is 1. The Morgan fingerprint density at radius 2 is 1.76 bits per heavy atom. The number of morpholine rings is 1. The van der Waals surface area contributed by atoms with Crippen molar-refractivity contribution < 1.29 is 27.5 Å². The van der Waals surface area contributed by atoms with Crippen LogP contribution < -0.4 is 5.32 Å². The Kier molecular flexibility index (Phi) is 7.97. The third-order valence-electron chi connectivity index (χ3n) is 8.19. The second-order valence-electron chi connectivity index (χ2n) is 11.5. The molecule has 2 atom stereocenters. The number of likely N-dealkylation sites (tertiary alicyclic amines) is 1. The molecule has 2 saturated heterocycles. The van der Waals surface area contributed by atoms with Crippen molar-refractivity contribution in [1.82, 2.24) is 14.5 Å². The summed E-state index contributed by atoms with van der Waals surface area (Å²) in [6.07, 6.45) is 4.65. The number of halogens is 1. The van der Waals surface area contributed by atoms with E-state index < -0.39 is 27.8 Å². The number of hydrogen-bond acceptors (Lipinski definition) is 6. The van der Waals surface area contributed by atoms with Crippen LogP contribution in [-0.2, 0) is 24.3 Å². The Bertz CT molecular complexity index is 1130. The van der Waals surface area contributed by atoms with E-state index in [-0.39, 0.29) is 41.3 Å². The lowest BCUT2D eigenvalue weighted by Gasteiger charge is -2.44. The Hall–Kier alpha value is -1.88. The molecule has 210 valence electrons. The molecular formula is C27H38ClN3O6S. The molecule has 4 aliphatic rings. The number of sulfonamides is 1. The van der Waals surface area contributed by atoms with E-state index in [1.165, 1.54) is 12.1 Å². The minimum absolute atomic E-state index is 0.0439. The van der Waals surface area contributed by atoms with Gasteiger partial charge in [-0.25, -0.2) is 13.2 Å². The van der Waals surface area contributed by atoms with Gasteiger partial charge in [-0.3, -0.25) is 4.79 Å². The molecular weight excluding hydrogens is 530 g/mol. The van der Waals surface area contributed by atoms with Gasteiger partial charge in [-0.1, -0.05) is 11.6 Å². The normalized spacial score (nSPS) is 26.3. The fraction of sp³-hybridized carbons (Fsp3) is 0.704. The summed E-state index contributed by atoms with van der Waals surface area (Å²) < 4.78 is 41.6. The highest BCUT2D eigenvalue weighted by Gasteiger charge is 2.61. The Morgan fingerprint density at radius 1 is 1.11 bits per heavy atom. The van der Waals surface area contributed by atoms with Gasteiger partial charge in [0.15, 0.2) is 0 Å². The molecule has 38 heavy (non-hydrogen) atoms. The van der Waals surface area contributed by atoms with Crippen LogP contribution in [0.3, 0.4) is 0 Å². The van der Waals surface area contributed by atoms with Crippen LogP contribution in [0.15, 0.2) is 29.2 Å². The number of ether oxygens (including phenoxy) is 2. The number of carbonyl (C=O) groups excluding carboxylic acids is 2. The standard InChI is InChI=1S/C27H38ClN3O6S/c1-18(2)29-25(32)15-19-9-13-30(14-10-19)26(33)37-27(11-12-27)24-17-36-16-23(20-3-4-20)31(24)38(34,35)22-7-5-21(28)6-8-22/h5-8,18-20,23-24H,3-4,9-17H2,1-2H3,(H,29,32)/t23-,24+/m0/s1. The molecule has 5 rings (SSSR count). The zero-order valence-corrected chi connectivity index (χ0v) is 23.7. The summed E-state index contributed by atoms with van der Waals surface area (Å²) in [5, 5.41) is 3.40. The molecule has 0 unspecified atom stereocenters. The SMILES string of the molecule is CC(C)NC(=O)CC1CCN(C(=O)OC2([C@H]3COC[C@@H](C4CC4)N3S(=O)(=O)c3ccc(Cl)cc3)CC2)CC1. The Balaban J connectivity index is 1.28. The van der Waals surface area contributed by atoms with Gasteiger partial charge in [0.2, 0.25) is 15.9 Å². The summed E-state index contributed by atoms with van der Waals surface area (Å²) in [6, 6.07) is 5.48. The van der Waals surface area contributed by atoms with E-state index in [0.29, 0.717) is 44.0 Å². The van der Waals surface area contributed by atoms with Crippen molar-refractivity contribution in [3.63, 3.8) is 0 Å². The van der Waals surface area contributed by atoms with Crippen molar-refractivity contribution in [3.8, 4) is 0 Å². The van der Waals surface area contributed by atoms with Gasteiger partial charge in [-0.15, -0.1) is 0 Å². The highest BCUT2D eigenvalue weighted by Crippen LogP contribution is 2.50.